The average molecular weight is 365 g/mol. The lowest BCUT2D eigenvalue weighted by Gasteiger charge is -2.12. The van der Waals surface area contributed by atoms with Crippen LogP contribution in [0.1, 0.15) is 23.2 Å². The first kappa shape index (κ1) is 16.4. The highest BCUT2D eigenvalue weighted by molar-refractivity contribution is 5.83. The van der Waals surface area contributed by atoms with Crippen molar-refractivity contribution in [2.45, 2.75) is 19.3 Å². The van der Waals surface area contributed by atoms with Crippen LogP contribution in [0.5, 0.6) is 0 Å². The van der Waals surface area contributed by atoms with Crippen LogP contribution in [0, 0.1) is 11.3 Å². The van der Waals surface area contributed by atoms with E-state index in [1.165, 1.54) is 24.0 Å². The number of H-pyrrole nitrogens is 1. The van der Waals surface area contributed by atoms with Crippen LogP contribution in [0.25, 0.3) is 10.9 Å². The minimum Gasteiger partial charge on any atom is -0.361 e. The fraction of sp³-hybridized carbons (Fsp3) is 0.130. The Kier molecular flexibility index (Phi) is 3.95. The molecular weight excluding hydrogens is 346 g/mol. The van der Waals surface area contributed by atoms with Gasteiger partial charge >= 0.3 is 0 Å². The molecule has 2 aromatic carbocycles. The standard InChI is InChI=1S/C23H19N5/c24-14-21-11-20(26-18-6-4-15-2-1-3-17(15)10-18)13-23(28-21)27-19-7-5-16-8-9-25-22(16)12-19/h4-13,25H,1-3H2,(H2,26,27,28). The summed E-state index contributed by atoms with van der Waals surface area (Å²) in [5.74, 6) is 0.633. The molecule has 0 spiro atoms. The van der Waals surface area contributed by atoms with E-state index in [2.05, 4.69) is 44.9 Å². The fourth-order valence-corrected chi connectivity index (χ4v) is 3.81. The normalized spacial score (nSPS) is 12.5. The SMILES string of the molecule is N#Cc1cc(Nc2ccc3c(c2)CCC3)cc(Nc2ccc3cc[nH]c3c2)n1. The molecule has 2 heterocycles. The Hall–Kier alpha value is -3.78. The van der Waals surface area contributed by atoms with E-state index in [-0.39, 0.29) is 0 Å². The van der Waals surface area contributed by atoms with Crippen molar-refractivity contribution in [3.8, 4) is 6.07 Å². The molecule has 0 bridgehead atoms. The zero-order valence-electron chi connectivity index (χ0n) is 15.3. The fourth-order valence-electron chi connectivity index (χ4n) is 3.81. The monoisotopic (exact) mass is 365 g/mol. The van der Waals surface area contributed by atoms with Gasteiger partial charge in [0.15, 0.2) is 0 Å². The van der Waals surface area contributed by atoms with Crippen LogP contribution in [0.2, 0.25) is 0 Å². The maximum Gasteiger partial charge on any atom is 0.144 e. The quantitative estimate of drug-likeness (QED) is 0.452. The summed E-state index contributed by atoms with van der Waals surface area (Å²) in [6.45, 7) is 0. The van der Waals surface area contributed by atoms with Crippen molar-refractivity contribution in [2.75, 3.05) is 10.6 Å². The van der Waals surface area contributed by atoms with Crippen molar-refractivity contribution in [1.29, 1.82) is 5.26 Å². The highest BCUT2D eigenvalue weighted by atomic mass is 15.0. The molecule has 0 saturated heterocycles. The van der Waals surface area contributed by atoms with E-state index in [4.69, 9.17) is 0 Å². The minimum absolute atomic E-state index is 0.370. The molecule has 5 rings (SSSR count). The van der Waals surface area contributed by atoms with Gasteiger partial charge in [0.25, 0.3) is 0 Å². The summed E-state index contributed by atoms with van der Waals surface area (Å²) in [4.78, 5) is 7.60. The van der Waals surface area contributed by atoms with Gasteiger partial charge in [-0.25, -0.2) is 4.98 Å². The van der Waals surface area contributed by atoms with E-state index < -0.39 is 0 Å². The number of pyridine rings is 1. The summed E-state index contributed by atoms with van der Waals surface area (Å²) in [5.41, 5.74) is 7.08. The lowest BCUT2D eigenvalue weighted by molar-refractivity contribution is 0.912. The Labute approximate surface area is 163 Å². The van der Waals surface area contributed by atoms with Crippen molar-refractivity contribution in [1.82, 2.24) is 9.97 Å². The first-order chi connectivity index (χ1) is 13.8. The molecule has 0 radical (unpaired) electrons. The number of benzene rings is 2. The van der Waals surface area contributed by atoms with Gasteiger partial charge in [0.1, 0.15) is 17.6 Å². The second-order valence-corrected chi connectivity index (χ2v) is 7.10. The molecule has 0 amide bonds. The van der Waals surface area contributed by atoms with Crippen LogP contribution in [0.3, 0.4) is 0 Å². The minimum atomic E-state index is 0.370. The molecule has 0 aliphatic heterocycles. The van der Waals surface area contributed by atoms with Gasteiger partial charge < -0.3 is 15.6 Å². The van der Waals surface area contributed by atoms with Gasteiger partial charge in [0, 0.05) is 34.8 Å². The Balaban J connectivity index is 1.43. The van der Waals surface area contributed by atoms with E-state index in [9.17, 15) is 5.26 Å². The molecule has 3 N–H and O–H groups in total. The highest BCUT2D eigenvalue weighted by Crippen LogP contribution is 2.28. The van der Waals surface area contributed by atoms with Gasteiger partial charge in [-0.15, -0.1) is 0 Å². The molecule has 28 heavy (non-hydrogen) atoms. The summed E-state index contributed by atoms with van der Waals surface area (Å²) in [7, 11) is 0. The highest BCUT2D eigenvalue weighted by Gasteiger charge is 2.11. The third kappa shape index (κ3) is 3.17. The van der Waals surface area contributed by atoms with E-state index in [0.717, 1.165) is 34.4 Å². The number of aryl methyl sites for hydroxylation is 2. The summed E-state index contributed by atoms with van der Waals surface area (Å²) in [6, 6.07) is 20.5. The lowest BCUT2D eigenvalue weighted by atomic mass is 10.1. The van der Waals surface area contributed by atoms with Gasteiger partial charge in [0.2, 0.25) is 0 Å². The molecule has 5 heteroatoms. The van der Waals surface area contributed by atoms with Crippen LogP contribution >= 0.6 is 0 Å². The molecule has 5 nitrogen and oxygen atoms in total. The van der Waals surface area contributed by atoms with Crippen LogP contribution in [-0.4, -0.2) is 9.97 Å². The number of hydrogen-bond donors (Lipinski definition) is 3. The zero-order valence-corrected chi connectivity index (χ0v) is 15.3. The molecule has 0 fully saturated rings. The van der Waals surface area contributed by atoms with Gasteiger partial charge in [0.05, 0.1) is 0 Å². The maximum atomic E-state index is 9.39. The Morgan fingerprint density at radius 2 is 1.71 bits per heavy atom. The van der Waals surface area contributed by atoms with Crippen molar-refractivity contribution in [3.05, 3.63) is 77.6 Å². The first-order valence-corrected chi connectivity index (χ1v) is 9.42. The van der Waals surface area contributed by atoms with Crippen molar-refractivity contribution < 1.29 is 0 Å². The summed E-state index contributed by atoms with van der Waals surface area (Å²) in [6.07, 6.45) is 5.45. The second kappa shape index (κ2) is 6.75. The number of nitrogens with one attached hydrogen (secondary N) is 3. The molecule has 136 valence electrons. The van der Waals surface area contributed by atoms with Gasteiger partial charge in [-0.1, -0.05) is 12.1 Å². The molecule has 1 aliphatic carbocycles. The van der Waals surface area contributed by atoms with Crippen LogP contribution in [-0.2, 0) is 12.8 Å². The molecule has 1 aliphatic rings. The van der Waals surface area contributed by atoms with Crippen molar-refractivity contribution >= 4 is 33.8 Å². The summed E-state index contributed by atoms with van der Waals surface area (Å²) >= 11 is 0. The van der Waals surface area contributed by atoms with E-state index in [1.807, 2.05) is 36.5 Å². The number of aromatic nitrogens is 2. The first-order valence-electron chi connectivity index (χ1n) is 9.42. The van der Waals surface area contributed by atoms with Crippen LogP contribution < -0.4 is 10.6 Å². The third-order valence-electron chi connectivity index (χ3n) is 5.15. The van der Waals surface area contributed by atoms with E-state index in [0.29, 0.717) is 11.5 Å². The molecular formula is C23H19N5. The lowest BCUT2D eigenvalue weighted by Crippen LogP contribution is -1.99. The van der Waals surface area contributed by atoms with Gasteiger partial charge in [-0.05, 0) is 72.2 Å². The summed E-state index contributed by atoms with van der Waals surface area (Å²) in [5, 5.41) is 17.3. The number of rotatable bonds is 4. The number of hydrogen-bond acceptors (Lipinski definition) is 4. The molecule has 0 unspecified atom stereocenters. The predicted octanol–water partition coefficient (Wildman–Crippen LogP) is 5.41. The summed E-state index contributed by atoms with van der Waals surface area (Å²) < 4.78 is 0. The molecule has 0 saturated carbocycles. The molecule has 4 aromatic rings. The number of nitrogens with zero attached hydrogens (tertiary/aromatic N) is 2. The number of nitriles is 1. The van der Waals surface area contributed by atoms with Crippen LogP contribution in [0.4, 0.5) is 22.9 Å². The Bertz CT molecular complexity index is 1220. The molecule has 0 atom stereocenters. The number of aromatic amines is 1. The van der Waals surface area contributed by atoms with Crippen molar-refractivity contribution in [3.63, 3.8) is 0 Å². The predicted molar refractivity (Wildman–Crippen MR) is 112 cm³/mol. The topological polar surface area (TPSA) is 76.5 Å². The van der Waals surface area contributed by atoms with E-state index >= 15 is 0 Å². The second-order valence-electron chi connectivity index (χ2n) is 7.10. The Morgan fingerprint density at radius 1 is 0.857 bits per heavy atom. The van der Waals surface area contributed by atoms with Gasteiger partial charge in [-0.2, -0.15) is 5.26 Å². The smallest absolute Gasteiger partial charge is 0.144 e. The average Bonchev–Trinajstić information content (AvgIpc) is 3.36. The maximum absolute atomic E-state index is 9.39. The number of anilines is 4. The van der Waals surface area contributed by atoms with Crippen molar-refractivity contribution in [2.24, 2.45) is 0 Å². The van der Waals surface area contributed by atoms with Gasteiger partial charge in [-0.3, -0.25) is 0 Å². The van der Waals surface area contributed by atoms with E-state index in [1.54, 1.807) is 6.07 Å². The Morgan fingerprint density at radius 3 is 2.64 bits per heavy atom. The largest absolute Gasteiger partial charge is 0.361 e. The molecule has 2 aromatic heterocycles. The number of fused-ring (bicyclic) bond motifs is 2. The van der Waals surface area contributed by atoms with Crippen LogP contribution in [0.15, 0.2) is 60.8 Å². The third-order valence-corrected chi connectivity index (χ3v) is 5.15. The zero-order chi connectivity index (χ0) is 18.9.